The lowest BCUT2D eigenvalue weighted by Crippen LogP contribution is -2.42. The van der Waals surface area contributed by atoms with Crippen LogP contribution in [0.1, 0.15) is 31.1 Å². The predicted molar refractivity (Wildman–Crippen MR) is 88.6 cm³/mol. The van der Waals surface area contributed by atoms with Gasteiger partial charge in [-0.3, -0.25) is 4.79 Å². The number of piperidine rings is 1. The normalized spacial score (nSPS) is 22.8. The molecule has 0 aliphatic carbocycles. The number of aromatic nitrogens is 1. The zero-order valence-electron chi connectivity index (χ0n) is 12.9. The van der Waals surface area contributed by atoms with Gasteiger partial charge in [-0.25, -0.2) is 4.98 Å². The highest BCUT2D eigenvalue weighted by atomic mass is 35.5. The highest BCUT2D eigenvalue weighted by Crippen LogP contribution is 2.31. The average Bonchev–Trinajstić information content (AvgIpc) is 3.23. The SMILES string of the molecule is O=C(C1CCNC1)N1CCC(c2nc3cc(Cl)ccc3o2)CC1. The fourth-order valence-electron chi connectivity index (χ4n) is 3.56. The van der Waals surface area contributed by atoms with Gasteiger partial charge in [-0.1, -0.05) is 11.6 Å². The van der Waals surface area contributed by atoms with E-state index < -0.39 is 0 Å². The Balaban J connectivity index is 1.43. The van der Waals surface area contributed by atoms with E-state index in [0.29, 0.717) is 10.9 Å². The van der Waals surface area contributed by atoms with Gasteiger partial charge < -0.3 is 14.6 Å². The monoisotopic (exact) mass is 333 g/mol. The van der Waals surface area contributed by atoms with E-state index in [1.54, 1.807) is 0 Å². The van der Waals surface area contributed by atoms with Gasteiger partial charge in [0.1, 0.15) is 5.52 Å². The van der Waals surface area contributed by atoms with E-state index in [0.717, 1.165) is 62.4 Å². The van der Waals surface area contributed by atoms with Crippen LogP contribution in [0.5, 0.6) is 0 Å². The summed E-state index contributed by atoms with van der Waals surface area (Å²) in [7, 11) is 0. The van der Waals surface area contributed by atoms with Crippen LogP contribution in [0.4, 0.5) is 0 Å². The van der Waals surface area contributed by atoms with Crippen LogP contribution in [0.25, 0.3) is 11.1 Å². The molecule has 4 rings (SSSR count). The van der Waals surface area contributed by atoms with E-state index in [9.17, 15) is 4.79 Å². The van der Waals surface area contributed by atoms with Crippen molar-refractivity contribution < 1.29 is 9.21 Å². The average molecular weight is 334 g/mol. The minimum atomic E-state index is 0.165. The first-order valence-corrected chi connectivity index (χ1v) is 8.64. The molecule has 1 aromatic carbocycles. The number of nitrogens with one attached hydrogen (secondary N) is 1. The summed E-state index contributed by atoms with van der Waals surface area (Å²) < 4.78 is 5.87. The van der Waals surface area contributed by atoms with E-state index in [2.05, 4.69) is 10.3 Å². The lowest BCUT2D eigenvalue weighted by molar-refractivity contribution is -0.136. The number of benzene rings is 1. The number of rotatable bonds is 2. The Labute approximate surface area is 140 Å². The molecule has 3 heterocycles. The van der Waals surface area contributed by atoms with Crippen LogP contribution in [0.3, 0.4) is 0 Å². The number of oxazole rings is 1. The molecule has 2 aromatic rings. The molecule has 0 radical (unpaired) electrons. The summed E-state index contributed by atoms with van der Waals surface area (Å²) >= 11 is 6.00. The predicted octanol–water partition coefficient (Wildman–Crippen LogP) is 2.80. The lowest BCUT2D eigenvalue weighted by atomic mass is 9.95. The first-order valence-electron chi connectivity index (χ1n) is 8.26. The Bertz CT molecular complexity index is 716. The molecule has 1 atom stereocenters. The van der Waals surface area contributed by atoms with Crippen LogP contribution in [-0.4, -0.2) is 42.0 Å². The number of hydrogen-bond acceptors (Lipinski definition) is 4. The van der Waals surface area contributed by atoms with Crippen molar-refractivity contribution in [2.75, 3.05) is 26.2 Å². The molecule has 2 aliphatic rings. The number of likely N-dealkylation sites (tertiary alicyclic amines) is 1. The van der Waals surface area contributed by atoms with Crippen molar-refractivity contribution in [1.29, 1.82) is 0 Å². The summed E-state index contributed by atoms with van der Waals surface area (Å²) in [6, 6.07) is 5.51. The highest BCUT2D eigenvalue weighted by molar-refractivity contribution is 6.31. The van der Waals surface area contributed by atoms with Crippen molar-refractivity contribution in [3.63, 3.8) is 0 Å². The van der Waals surface area contributed by atoms with Crippen LogP contribution in [0.2, 0.25) is 5.02 Å². The number of carbonyl (C=O) groups excluding carboxylic acids is 1. The maximum absolute atomic E-state index is 12.5. The van der Waals surface area contributed by atoms with Gasteiger partial charge in [0.25, 0.3) is 0 Å². The molecule has 122 valence electrons. The number of carbonyl (C=O) groups is 1. The molecule has 1 N–H and O–H groups in total. The number of halogens is 1. The van der Waals surface area contributed by atoms with E-state index >= 15 is 0 Å². The molecular formula is C17H20ClN3O2. The molecule has 6 heteroatoms. The van der Waals surface area contributed by atoms with Crippen molar-refractivity contribution in [1.82, 2.24) is 15.2 Å². The van der Waals surface area contributed by atoms with Crippen molar-refractivity contribution >= 4 is 28.6 Å². The van der Waals surface area contributed by atoms with Crippen molar-refractivity contribution in [2.24, 2.45) is 5.92 Å². The minimum absolute atomic E-state index is 0.165. The number of nitrogens with zero attached hydrogens (tertiary/aromatic N) is 2. The molecule has 23 heavy (non-hydrogen) atoms. The molecule has 5 nitrogen and oxygen atoms in total. The molecule has 0 saturated carbocycles. The Hall–Kier alpha value is -1.59. The Morgan fingerprint density at radius 2 is 2.13 bits per heavy atom. The van der Waals surface area contributed by atoms with Gasteiger partial charge in [-0.2, -0.15) is 0 Å². The third-order valence-electron chi connectivity index (χ3n) is 4.93. The first kappa shape index (κ1) is 15.0. The molecule has 2 fully saturated rings. The second-order valence-corrected chi connectivity index (χ2v) is 6.89. The third-order valence-corrected chi connectivity index (χ3v) is 5.17. The Morgan fingerprint density at radius 3 is 2.87 bits per heavy atom. The fourth-order valence-corrected chi connectivity index (χ4v) is 3.73. The van der Waals surface area contributed by atoms with Crippen LogP contribution in [0, 0.1) is 5.92 Å². The van der Waals surface area contributed by atoms with Gasteiger partial charge in [0, 0.05) is 30.6 Å². The summed E-state index contributed by atoms with van der Waals surface area (Å²) in [6.07, 6.45) is 2.78. The van der Waals surface area contributed by atoms with Crippen LogP contribution < -0.4 is 5.32 Å². The lowest BCUT2D eigenvalue weighted by Gasteiger charge is -2.32. The maximum atomic E-state index is 12.5. The Kier molecular flexibility index (Phi) is 3.99. The molecule has 1 aromatic heterocycles. The van der Waals surface area contributed by atoms with Gasteiger partial charge in [0.2, 0.25) is 5.91 Å². The van der Waals surface area contributed by atoms with Gasteiger partial charge in [0.05, 0.1) is 5.92 Å². The molecule has 0 spiro atoms. The van der Waals surface area contributed by atoms with Crippen molar-refractivity contribution in [3.8, 4) is 0 Å². The summed E-state index contributed by atoms with van der Waals surface area (Å²) in [5.41, 5.74) is 1.59. The van der Waals surface area contributed by atoms with Gasteiger partial charge in [-0.05, 0) is 44.0 Å². The summed E-state index contributed by atoms with van der Waals surface area (Å²) in [5, 5.41) is 3.93. The van der Waals surface area contributed by atoms with E-state index in [4.69, 9.17) is 16.0 Å². The standard InChI is InChI=1S/C17H20ClN3O2/c18-13-1-2-15-14(9-13)20-16(23-15)11-4-7-21(8-5-11)17(22)12-3-6-19-10-12/h1-2,9,11-12,19H,3-8,10H2. The molecule has 1 amide bonds. The summed E-state index contributed by atoms with van der Waals surface area (Å²) in [6.45, 7) is 3.36. The molecule has 0 bridgehead atoms. The van der Waals surface area contributed by atoms with Crippen molar-refractivity contribution in [3.05, 3.63) is 29.1 Å². The number of amides is 1. The molecular weight excluding hydrogens is 314 g/mol. The highest BCUT2D eigenvalue weighted by Gasteiger charge is 2.31. The minimum Gasteiger partial charge on any atom is -0.440 e. The van der Waals surface area contributed by atoms with Gasteiger partial charge >= 0.3 is 0 Å². The van der Waals surface area contributed by atoms with Crippen LogP contribution in [0.15, 0.2) is 22.6 Å². The zero-order chi connectivity index (χ0) is 15.8. The quantitative estimate of drug-likeness (QED) is 0.918. The Morgan fingerprint density at radius 1 is 1.30 bits per heavy atom. The van der Waals surface area contributed by atoms with E-state index in [1.165, 1.54) is 0 Å². The second kappa shape index (κ2) is 6.13. The van der Waals surface area contributed by atoms with Crippen LogP contribution >= 0.6 is 11.6 Å². The second-order valence-electron chi connectivity index (χ2n) is 6.45. The first-order chi connectivity index (χ1) is 11.2. The topological polar surface area (TPSA) is 58.4 Å². The number of hydrogen-bond donors (Lipinski definition) is 1. The molecule has 1 unspecified atom stereocenters. The smallest absolute Gasteiger partial charge is 0.227 e. The van der Waals surface area contributed by atoms with E-state index in [1.807, 2.05) is 23.1 Å². The summed E-state index contributed by atoms with van der Waals surface area (Å²) in [5.74, 6) is 1.53. The third kappa shape index (κ3) is 2.95. The molecule has 2 saturated heterocycles. The van der Waals surface area contributed by atoms with Gasteiger partial charge in [-0.15, -0.1) is 0 Å². The maximum Gasteiger partial charge on any atom is 0.227 e. The van der Waals surface area contributed by atoms with Crippen molar-refractivity contribution in [2.45, 2.75) is 25.2 Å². The zero-order valence-corrected chi connectivity index (χ0v) is 13.7. The fraction of sp³-hybridized carbons (Fsp3) is 0.529. The summed E-state index contributed by atoms with van der Waals surface area (Å²) in [4.78, 5) is 19.0. The van der Waals surface area contributed by atoms with Gasteiger partial charge in [0.15, 0.2) is 11.5 Å². The largest absolute Gasteiger partial charge is 0.440 e. The molecule has 2 aliphatic heterocycles. The number of fused-ring (bicyclic) bond motifs is 1. The van der Waals surface area contributed by atoms with E-state index in [-0.39, 0.29) is 11.8 Å². The van der Waals surface area contributed by atoms with Crippen LogP contribution in [-0.2, 0) is 4.79 Å².